The molecule has 108 valence electrons. The summed E-state index contributed by atoms with van der Waals surface area (Å²) in [5.41, 5.74) is 5.69. The Balaban J connectivity index is 1.76. The van der Waals surface area contributed by atoms with Crippen LogP contribution < -0.4 is 5.43 Å². The second-order valence-electron chi connectivity index (χ2n) is 4.84. The Morgan fingerprint density at radius 1 is 1.33 bits per heavy atom. The van der Waals surface area contributed by atoms with Crippen LogP contribution in [0.4, 0.5) is 10.8 Å². The van der Waals surface area contributed by atoms with Crippen molar-refractivity contribution in [2.75, 3.05) is 5.43 Å². The highest BCUT2D eigenvalue weighted by Gasteiger charge is 2.11. The molecule has 2 aromatic rings. The predicted molar refractivity (Wildman–Crippen MR) is 83.7 cm³/mol. The van der Waals surface area contributed by atoms with Gasteiger partial charge in [0.05, 0.1) is 10.6 Å². The van der Waals surface area contributed by atoms with Gasteiger partial charge in [-0.25, -0.2) is 4.98 Å². The number of anilines is 1. The molecule has 1 aliphatic carbocycles. The molecule has 0 atom stereocenters. The van der Waals surface area contributed by atoms with E-state index in [1.807, 2.05) is 11.4 Å². The minimum atomic E-state index is -0.402. The topological polar surface area (TPSA) is 80.4 Å². The number of aromatic nitrogens is 1. The summed E-state index contributed by atoms with van der Waals surface area (Å²) >= 11 is 1.44. The molecule has 1 heterocycles. The van der Waals surface area contributed by atoms with E-state index >= 15 is 0 Å². The van der Waals surface area contributed by atoms with E-state index in [9.17, 15) is 10.1 Å². The van der Waals surface area contributed by atoms with Crippen LogP contribution in [0.5, 0.6) is 0 Å². The fourth-order valence-electron chi connectivity index (χ4n) is 2.26. The lowest BCUT2D eigenvalue weighted by Gasteiger charge is -1.98. The molecule has 0 radical (unpaired) electrons. The average Bonchev–Trinajstić information content (AvgIpc) is 3.17. The van der Waals surface area contributed by atoms with Crippen LogP contribution in [0.25, 0.3) is 11.3 Å². The number of nitro benzene ring substituents is 1. The average molecular weight is 302 g/mol. The number of benzene rings is 1. The molecule has 0 spiro atoms. The van der Waals surface area contributed by atoms with E-state index in [-0.39, 0.29) is 5.69 Å². The first-order valence-electron chi connectivity index (χ1n) is 6.74. The van der Waals surface area contributed by atoms with Gasteiger partial charge >= 0.3 is 0 Å². The number of nitrogens with zero attached hydrogens (tertiary/aromatic N) is 3. The van der Waals surface area contributed by atoms with Gasteiger partial charge in [0.25, 0.3) is 5.69 Å². The molecule has 1 aromatic heterocycles. The molecular formula is C14H14N4O2S. The first-order chi connectivity index (χ1) is 10.2. The van der Waals surface area contributed by atoms with Crippen LogP contribution >= 0.6 is 11.3 Å². The Kier molecular flexibility index (Phi) is 3.92. The maximum atomic E-state index is 10.8. The van der Waals surface area contributed by atoms with Crippen molar-refractivity contribution in [3.63, 3.8) is 0 Å². The molecule has 6 nitrogen and oxygen atoms in total. The van der Waals surface area contributed by atoms with Crippen molar-refractivity contribution in [1.82, 2.24) is 4.98 Å². The van der Waals surface area contributed by atoms with Gasteiger partial charge in [-0.3, -0.25) is 15.5 Å². The molecule has 1 N–H and O–H groups in total. The molecule has 0 amide bonds. The number of nitrogens with one attached hydrogen (secondary N) is 1. The van der Waals surface area contributed by atoms with Crippen LogP contribution in [0.15, 0.2) is 34.7 Å². The van der Waals surface area contributed by atoms with Crippen LogP contribution in [0, 0.1) is 10.1 Å². The molecular weight excluding hydrogens is 288 g/mol. The third-order valence-corrected chi connectivity index (χ3v) is 4.09. The van der Waals surface area contributed by atoms with Gasteiger partial charge in [-0.15, -0.1) is 11.3 Å². The minimum Gasteiger partial charge on any atom is -0.258 e. The Labute approximate surface area is 125 Å². The van der Waals surface area contributed by atoms with Crippen molar-refractivity contribution in [3.8, 4) is 11.3 Å². The number of non-ortho nitro benzene ring substituents is 1. The van der Waals surface area contributed by atoms with Crippen LogP contribution in [-0.4, -0.2) is 15.6 Å². The van der Waals surface area contributed by atoms with E-state index in [1.165, 1.54) is 42.0 Å². The van der Waals surface area contributed by atoms with E-state index in [0.29, 0.717) is 5.13 Å². The van der Waals surface area contributed by atoms with Gasteiger partial charge in [-0.1, -0.05) is 12.1 Å². The number of hydrazone groups is 1. The molecule has 21 heavy (non-hydrogen) atoms. The van der Waals surface area contributed by atoms with E-state index < -0.39 is 4.92 Å². The number of hydrogen-bond acceptors (Lipinski definition) is 6. The number of thiazole rings is 1. The second kappa shape index (κ2) is 6.01. The number of hydrogen-bond donors (Lipinski definition) is 1. The van der Waals surface area contributed by atoms with E-state index in [0.717, 1.165) is 24.1 Å². The lowest BCUT2D eigenvalue weighted by atomic mass is 10.1. The molecule has 1 aromatic carbocycles. The van der Waals surface area contributed by atoms with Gasteiger partial charge in [-0.2, -0.15) is 5.10 Å². The normalized spacial score (nSPS) is 14.2. The minimum absolute atomic E-state index is 0.0706. The first kappa shape index (κ1) is 13.7. The second-order valence-corrected chi connectivity index (χ2v) is 5.70. The molecule has 3 rings (SSSR count). The third kappa shape index (κ3) is 3.25. The fraction of sp³-hybridized carbons (Fsp3) is 0.286. The van der Waals surface area contributed by atoms with Crippen LogP contribution in [0.2, 0.25) is 0 Å². The van der Waals surface area contributed by atoms with Gasteiger partial charge in [0, 0.05) is 28.8 Å². The smallest absolute Gasteiger partial charge is 0.258 e. The van der Waals surface area contributed by atoms with Crippen molar-refractivity contribution >= 4 is 27.9 Å². The third-order valence-electron chi connectivity index (χ3n) is 3.35. The SMILES string of the molecule is O=[N+]([O-])c1cccc(-c2csc(NN=C3CCCC3)n2)c1. The predicted octanol–water partition coefficient (Wildman–Crippen LogP) is 4.06. The Morgan fingerprint density at radius 3 is 2.90 bits per heavy atom. The highest BCUT2D eigenvalue weighted by atomic mass is 32.1. The zero-order valence-electron chi connectivity index (χ0n) is 11.3. The van der Waals surface area contributed by atoms with Gasteiger partial charge in [0.15, 0.2) is 0 Å². The van der Waals surface area contributed by atoms with E-state index in [1.54, 1.807) is 6.07 Å². The molecule has 1 saturated carbocycles. The number of nitro groups is 1. The van der Waals surface area contributed by atoms with Gasteiger partial charge < -0.3 is 0 Å². The highest BCUT2D eigenvalue weighted by Crippen LogP contribution is 2.27. The molecule has 1 aliphatic rings. The summed E-state index contributed by atoms with van der Waals surface area (Å²) in [7, 11) is 0. The van der Waals surface area contributed by atoms with Crippen LogP contribution in [-0.2, 0) is 0 Å². The molecule has 1 fully saturated rings. The summed E-state index contributed by atoms with van der Waals surface area (Å²) in [5, 5.41) is 17.7. The zero-order valence-corrected chi connectivity index (χ0v) is 12.1. The first-order valence-corrected chi connectivity index (χ1v) is 7.62. The maximum Gasteiger partial charge on any atom is 0.270 e. The van der Waals surface area contributed by atoms with Crippen molar-refractivity contribution in [2.24, 2.45) is 5.10 Å². The monoisotopic (exact) mass is 302 g/mol. The molecule has 7 heteroatoms. The van der Waals surface area contributed by atoms with Crippen molar-refractivity contribution in [1.29, 1.82) is 0 Å². The largest absolute Gasteiger partial charge is 0.270 e. The van der Waals surface area contributed by atoms with Crippen LogP contribution in [0.1, 0.15) is 25.7 Å². The summed E-state index contributed by atoms with van der Waals surface area (Å²) in [6.45, 7) is 0. The lowest BCUT2D eigenvalue weighted by molar-refractivity contribution is -0.384. The van der Waals surface area contributed by atoms with Gasteiger partial charge in [0.1, 0.15) is 0 Å². The standard InChI is InChI=1S/C14H14N4O2S/c19-18(20)12-7-3-4-10(8-12)13-9-21-14(15-13)17-16-11-5-1-2-6-11/h3-4,7-9H,1-2,5-6H2,(H,15,17). The van der Waals surface area contributed by atoms with Crippen LogP contribution in [0.3, 0.4) is 0 Å². The zero-order chi connectivity index (χ0) is 14.7. The molecule has 0 unspecified atom stereocenters. The van der Waals surface area contributed by atoms with Crippen molar-refractivity contribution in [2.45, 2.75) is 25.7 Å². The summed E-state index contributed by atoms with van der Waals surface area (Å²) in [6, 6.07) is 6.48. The summed E-state index contributed by atoms with van der Waals surface area (Å²) in [4.78, 5) is 14.8. The van der Waals surface area contributed by atoms with Gasteiger partial charge in [0.2, 0.25) is 5.13 Å². The molecule has 0 aliphatic heterocycles. The highest BCUT2D eigenvalue weighted by molar-refractivity contribution is 7.14. The van der Waals surface area contributed by atoms with E-state index in [2.05, 4.69) is 15.5 Å². The quantitative estimate of drug-likeness (QED) is 0.682. The fourth-order valence-corrected chi connectivity index (χ4v) is 2.92. The lowest BCUT2D eigenvalue weighted by Crippen LogP contribution is -1.96. The molecule has 0 bridgehead atoms. The Hall–Kier alpha value is -2.28. The Morgan fingerprint density at radius 2 is 2.14 bits per heavy atom. The van der Waals surface area contributed by atoms with Crippen molar-refractivity contribution in [3.05, 3.63) is 39.8 Å². The summed E-state index contributed by atoms with van der Waals surface area (Å²) < 4.78 is 0. The number of rotatable bonds is 4. The molecule has 0 saturated heterocycles. The van der Waals surface area contributed by atoms with E-state index in [4.69, 9.17) is 0 Å². The maximum absolute atomic E-state index is 10.8. The Bertz CT molecular complexity index is 688. The van der Waals surface area contributed by atoms with Crippen molar-refractivity contribution < 1.29 is 4.92 Å². The summed E-state index contributed by atoms with van der Waals surface area (Å²) in [5.74, 6) is 0. The summed E-state index contributed by atoms with van der Waals surface area (Å²) in [6.07, 6.45) is 4.51. The van der Waals surface area contributed by atoms with Gasteiger partial charge in [-0.05, 0) is 25.7 Å².